The molecule has 1 aromatic carbocycles. The number of anilines is 3. The Morgan fingerprint density at radius 3 is 2.66 bits per heavy atom. The number of hydrogen-bond donors (Lipinski definition) is 2. The molecule has 7 nitrogen and oxygen atoms in total. The molecule has 0 bridgehead atoms. The zero-order chi connectivity index (χ0) is 20.7. The van der Waals surface area contributed by atoms with Crippen molar-refractivity contribution >= 4 is 40.0 Å². The summed E-state index contributed by atoms with van der Waals surface area (Å²) >= 11 is 6.34. The lowest BCUT2D eigenvalue weighted by Crippen LogP contribution is -2.39. The molecule has 0 amide bonds. The molecule has 3 heterocycles. The lowest BCUT2D eigenvalue weighted by atomic mass is 9.92. The topological polar surface area (TPSA) is 83.3 Å². The fraction of sp³-hybridized carbons (Fsp3) is 0.381. The molecule has 2 N–H and O–H groups in total. The first-order valence-corrected chi connectivity index (χ1v) is 10.1. The molecule has 29 heavy (non-hydrogen) atoms. The first-order chi connectivity index (χ1) is 13.8. The van der Waals surface area contributed by atoms with Crippen LogP contribution in [0.3, 0.4) is 0 Å². The summed E-state index contributed by atoms with van der Waals surface area (Å²) in [6.07, 6.45) is 2.83. The number of benzene rings is 1. The van der Waals surface area contributed by atoms with Crippen LogP contribution >= 0.6 is 11.6 Å². The highest BCUT2D eigenvalue weighted by atomic mass is 35.5. The minimum absolute atomic E-state index is 0.284. The Labute approximate surface area is 174 Å². The van der Waals surface area contributed by atoms with Crippen LogP contribution in [0.15, 0.2) is 35.3 Å². The van der Waals surface area contributed by atoms with Crippen LogP contribution in [0.2, 0.25) is 5.02 Å². The third-order valence-corrected chi connectivity index (χ3v) is 5.63. The summed E-state index contributed by atoms with van der Waals surface area (Å²) in [6.45, 7) is 6.34. The fourth-order valence-corrected chi connectivity index (χ4v) is 4.24. The van der Waals surface area contributed by atoms with Gasteiger partial charge >= 0.3 is 0 Å². The van der Waals surface area contributed by atoms with Gasteiger partial charge in [-0.2, -0.15) is 4.98 Å². The second kappa shape index (κ2) is 7.55. The zero-order valence-corrected chi connectivity index (χ0v) is 17.4. The van der Waals surface area contributed by atoms with Gasteiger partial charge in [0.2, 0.25) is 5.95 Å². The number of piperidine rings is 1. The van der Waals surface area contributed by atoms with Gasteiger partial charge in [-0.15, -0.1) is 0 Å². The lowest BCUT2D eigenvalue weighted by Gasteiger charge is -2.35. The highest BCUT2D eigenvalue weighted by molar-refractivity contribution is 6.32. The molecule has 2 atom stereocenters. The Hall–Kier alpha value is -2.80. The van der Waals surface area contributed by atoms with E-state index < -0.39 is 5.56 Å². The molecule has 2 aromatic heterocycles. The highest BCUT2D eigenvalue weighted by Crippen LogP contribution is 2.29. The van der Waals surface area contributed by atoms with Gasteiger partial charge in [0, 0.05) is 31.2 Å². The third-order valence-electron chi connectivity index (χ3n) is 5.35. The summed E-state index contributed by atoms with van der Waals surface area (Å²) in [7, 11) is 1.63. The van der Waals surface area contributed by atoms with Crippen molar-refractivity contribution in [3.05, 3.63) is 45.8 Å². The maximum absolute atomic E-state index is 11.9. The molecule has 3 aromatic rings. The monoisotopic (exact) mass is 413 g/mol. The molecule has 8 heteroatoms. The van der Waals surface area contributed by atoms with Crippen molar-refractivity contribution in [2.24, 2.45) is 18.9 Å². The smallest absolute Gasteiger partial charge is 0.292 e. The molecule has 0 aliphatic carbocycles. The van der Waals surface area contributed by atoms with E-state index in [0.29, 0.717) is 28.6 Å². The van der Waals surface area contributed by atoms with E-state index >= 15 is 0 Å². The quantitative estimate of drug-likeness (QED) is 0.677. The predicted molar refractivity (Wildman–Crippen MR) is 116 cm³/mol. The summed E-state index contributed by atoms with van der Waals surface area (Å²) in [6, 6.07) is 6.98. The van der Waals surface area contributed by atoms with Crippen LogP contribution in [-0.2, 0) is 7.05 Å². The molecule has 0 saturated carbocycles. The summed E-state index contributed by atoms with van der Waals surface area (Å²) in [5, 5.41) is 14.2. The van der Waals surface area contributed by atoms with Gasteiger partial charge in [0.1, 0.15) is 5.02 Å². The average molecular weight is 414 g/mol. The van der Waals surface area contributed by atoms with Gasteiger partial charge < -0.3 is 19.9 Å². The Bertz CT molecular complexity index is 1120. The number of aromatic nitrogens is 3. The minimum atomic E-state index is -0.424. The SMILES string of the molecule is CC1CC(C)CN(c2ncc(Cl)c(Nc3ccc4c(c3)cc(O)c(=O)n4C)n2)C1. The van der Waals surface area contributed by atoms with E-state index in [1.54, 1.807) is 13.2 Å². The Balaban J connectivity index is 1.65. The molecule has 1 saturated heterocycles. The van der Waals surface area contributed by atoms with Gasteiger partial charge in [0.05, 0.1) is 11.7 Å². The van der Waals surface area contributed by atoms with Crippen molar-refractivity contribution in [2.75, 3.05) is 23.3 Å². The lowest BCUT2D eigenvalue weighted by molar-refractivity contribution is 0.353. The van der Waals surface area contributed by atoms with Crippen LogP contribution in [0, 0.1) is 11.8 Å². The number of rotatable bonds is 3. The number of halogens is 1. The molecule has 4 rings (SSSR count). The molecular weight excluding hydrogens is 390 g/mol. The number of pyridine rings is 1. The van der Waals surface area contributed by atoms with Crippen LogP contribution in [-0.4, -0.2) is 32.7 Å². The Morgan fingerprint density at radius 2 is 1.93 bits per heavy atom. The largest absolute Gasteiger partial charge is 0.503 e. The number of nitrogens with zero attached hydrogens (tertiary/aromatic N) is 4. The first-order valence-electron chi connectivity index (χ1n) is 9.69. The number of aryl methyl sites for hydroxylation is 1. The first kappa shape index (κ1) is 19.5. The molecule has 1 fully saturated rings. The van der Waals surface area contributed by atoms with Crippen molar-refractivity contribution < 1.29 is 5.11 Å². The fourth-order valence-electron chi connectivity index (χ4n) is 4.10. The van der Waals surface area contributed by atoms with Gasteiger partial charge in [0.25, 0.3) is 5.56 Å². The van der Waals surface area contributed by atoms with Crippen molar-refractivity contribution in [1.82, 2.24) is 14.5 Å². The van der Waals surface area contributed by atoms with Crippen molar-refractivity contribution in [3.8, 4) is 5.75 Å². The second-order valence-corrected chi connectivity index (χ2v) is 8.42. The second-order valence-electron chi connectivity index (χ2n) is 8.01. The number of nitrogens with one attached hydrogen (secondary N) is 1. The zero-order valence-electron chi connectivity index (χ0n) is 16.7. The summed E-state index contributed by atoms with van der Waals surface area (Å²) in [5.74, 6) is 2.09. The van der Waals surface area contributed by atoms with Crippen LogP contribution in [0.5, 0.6) is 5.75 Å². The predicted octanol–water partition coefficient (Wildman–Crippen LogP) is 3.91. The van der Waals surface area contributed by atoms with E-state index in [0.717, 1.165) is 29.7 Å². The van der Waals surface area contributed by atoms with Crippen LogP contribution in [0.25, 0.3) is 10.9 Å². The van der Waals surface area contributed by atoms with E-state index in [9.17, 15) is 9.90 Å². The van der Waals surface area contributed by atoms with Gasteiger partial charge in [0.15, 0.2) is 11.6 Å². The van der Waals surface area contributed by atoms with E-state index in [2.05, 4.69) is 34.0 Å². The minimum Gasteiger partial charge on any atom is -0.503 e. The summed E-state index contributed by atoms with van der Waals surface area (Å²) < 4.78 is 1.42. The molecule has 0 spiro atoms. The van der Waals surface area contributed by atoms with Crippen molar-refractivity contribution in [1.29, 1.82) is 0 Å². The maximum Gasteiger partial charge on any atom is 0.292 e. The Morgan fingerprint density at radius 1 is 1.21 bits per heavy atom. The van der Waals surface area contributed by atoms with Gasteiger partial charge in [-0.25, -0.2) is 4.98 Å². The van der Waals surface area contributed by atoms with Gasteiger partial charge in [-0.05, 0) is 42.5 Å². The third kappa shape index (κ3) is 3.87. The van der Waals surface area contributed by atoms with Gasteiger partial charge in [-0.3, -0.25) is 4.79 Å². The highest BCUT2D eigenvalue weighted by Gasteiger charge is 2.24. The summed E-state index contributed by atoms with van der Waals surface area (Å²) in [5.41, 5.74) is 1.05. The van der Waals surface area contributed by atoms with E-state index in [-0.39, 0.29) is 5.75 Å². The molecular formula is C21H24ClN5O2. The normalized spacial score (nSPS) is 19.5. The number of aromatic hydroxyl groups is 1. The molecule has 2 unspecified atom stereocenters. The van der Waals surface area contributed by atoms with Crippen molar-refractivity contribution in [3.63, 3.8) is 0 Å². The van der Waals surface area contributed by atoms with E-state index in [1.807, 2.05) is 18.2 Å². The molecule has 152 valence electrons. The van der Waals surface area contributed by atoms with E-state index in [4.69, 9.17) is 11.6 Å². The number of hydrogen-bond acceptors (Lipinski definition) is 6. The Kier molecular flexibility index (Phi) is 5.08. The standard InChI is InChI=1S/C21H24ClN5O2/c1-12-6-13(2)11-27(10-12)21-23-9-16(22)19(25-21)24-15-4-5-17-14(7-15)8-18(28)20(29)26(17)3/h4-5,7-9,12-13,28H,6,10-11H2,1-3H3,(H,23,24,25). The summed E-state index contributed by atoms with van der Waals surface area (Å²) in [4.78, 5) is 23.2. The van der Waals surface area contributed by atoms with Crippen LogP contribution in [0.1, 0.15) is 20.3 Å². The van der Waals surface area contributed by atoms with Crippen LogP contribution < -0.4 is 15.8 Å². The molecule has 1 aliphatic rings. The number of fused-ring (bicyclic) bond motifs is 1. The van der Waals surface area contributed by atoms with Crippen molar-refractivity contribution in [2.45, 2.75) is 20.3 Å². The maximum atomic E-state index is 11.9. The van der Waals surface area contributed by atoms with Crippen LogP contribution in [0.4, 0.5) is 17.5 Å². The molecule has 1 aliphatic heterocycles. The average Bonchev–Trinajstić information content (AvgIpc) is 2.67. The van der Waals surface area contributed by atoms with Gasteiger partial charge in [-0.1, -0.05) is 25.4 Å². The molecule has 0 radical (unpaired) electrons. The van der Waals surface area contributed by atoms with E-state index in [1.165, 1.54) is 17.1 Å².